The van der Waals surface area contributed by atoms with Gasteiger partial charge in [-0.2, -0.15) is 0 Å². The summed E-state index contributed by atoms with van der Waals surface area (Å²) in [5.74, 6) is 0.345. The van der Waals surface area contributed by atoms with Crippen molar-refractivity contribution in [3.63, 3.8) is 0 Å². The zero-order chi connectivity index (χ0) is 23.4. The molecule has 4 rings (SSSR count). The molecule has 0 heterocycles. The molecule has 0 aliphatic heterocycles. The third-order valence-electron chi connectivity index (χ3n) is 5.29. The van der Waals surface area contributed by atoms with E-state index in [1.807, 2.05) is 18.2 Å². The Morgan fingerprint density at radius 3 is 2.61 bits per heavy atom. The van der Waals surface area contributed by atoms with Crippen LogP contribution in [-0.4, -0.2) is 28.0 Å². The fourth-order valence-electron chi connectivity index (χ4n) is 3.69. The Kier molecular flexibility index (Phi) is 6.76. The van der Waals surface area contributed by atoms with Crippen molar-refractivity contribution >= 4 is 38.9 Å². The van der Waals surface area contributed by atoms with Crippen LogP contribution in [0.1, 0.15) is 17.5 Å². The van der Waals surface area contributed by atoms with Crippen molar-refractivity contribution in [3.8, 4) is 11.5 Å². The molecular formula is C24H23ClN2O5S. The molecule has 0 saturated carbocycles. The number of methoxy groups -OCH3 is 1. The normalized spacial score (nSPS) is 12.7. The van der Waals surface area contributed by atoms with Gasteiger partial charge in [0.25, 0.3) is 15.9 Å². The van der Waals surface area contributed by atoms with Gasteiger partial charge < -0.3 is 14.8 Å². The summed E-state index contributed by atoms with van der Waals surface area (Å²) < 4.78 is 39.3. The summed E-state index contributed by atoms with van der Waals surface area (Å²) in [4.78, 5) is 12.3. The second kappa shape index (κ2) is 9.72. The predicted octanol–water partition coefficient (Wildman–Crippen LogP) is 4.66. The molecule has 1 aliphatic rings. The van der Waals surface area contributed by atoms with Gasteiger partial charge in [-0.1, -0.05) is 29.8 Å². The molecule has 0 atom stereocenters. The van der Waals surface area contributed by atoms with Crippen LogP contribution in [0.5, 0.6) is 11.5 Å². The molecule has 0 spiro atoms. The van der Waals surface area contributed by atoms with E-state index >= 15 is 0 Å². The lowest BCUT2D eigenvalue weighted by atomic mass is 10.1. The number of hydrogen-bond donors (Lipinski definition) is 2. The summed E-state index contributed by atoms with van der Waals surface area (Å²) in [6, 6.07) is 16.7. The van der Waals surface area contributed by atoms with E-state index in [1.54, 1.807) is 30.3 Å². The minimum absolute atomic E-state index is 0.127. The minimum atomic E-state index is -4.04. The Hall–Kier alpha value is -3.23. The summed E-state index contributed by atoms with van der Waals surface area (Å²) in [7, 11) is -2.67. The number of fused-ring (bicyclic) bond motifs is 1. The Bertz CT molecular complexity index is 1290. The largest absolute Gasteiger partial charge is 0.495 e. The number of carbonyl (C=O) groups excluding carboxylic acids is 1. The van der Waals surface area contributed by atoms with E-state index in [1.165, 1.54) is 30.4 Å². The summed E-state index contributed by atoms with van der Waals surface area (Å²) in [5, 5.41) is 2.92. The van der Waals surface area contributed by atoms with Gasteiger partial charge >= 0.3 is 0 Å². The summed E-state index contributed by atoms with van der Waals surface area (Å²) in [6.45, 7) is -0.204. The molecule has 3 aromatic carbocycles. The number of aryl methyl sites for hydroxylation is 2. The van der Waals surface area contributed by atoms with E-state index in [-0.39, 0.29) is 33.6 Å². The first-order valence-corrected chi connectivity index (χ1v) is 12.2. The van der Waals surface area contributed by atoms with Crippen LogP contribution in [0.25, 0.3) is 0 Å². The van der Waals surface area contributed by atoms with Crippen molar-refractivity contribution in [1.29, 1.82) is 0 Å². The molecule has 33 heavy (non-hydrogen) atoms. The maximum absolute atomic E-state index is 13.0. The lowest BCUT2D eigenvalue weighted by molar-refractivity contribution is -0.118. The van der Waals surface area contributed by atoms with Gasteiger partial charge in [0, 0.05) is 5.69 Å². The number of amides is 1. The van der Waals surface area contributed by atoms with Crippen molar-refractivity contribution in [1.82, 2.24) is 0 Å². The van der Waals surface area contributed by atoms with Crippen LogP contribution in [0.3, 0.4) is 0 Å². The zero-order valence-electron chi connectivity index (χ0n) is 17.9. The van der Waals surface area contributed by atoms with Crippen LogP contribution in [0.4, 0.5) is 11.4 Å². The highest BCUT2D eigenvalue weighted by molar-refractivity contribution is 7.92. The van der Waals surface area contributed by atoms with Gasteiger partial charge in [0.15, 0.2) is 6.61 Å². The Morgan fingerprint density at radius 1 is 1.03 bits per heavy atom. The van der Waals surface area contributed by atoms with Gasteiger partial charge in [-0.3, -0.25) is 9.52 Å². The van der Waals surface area contributed by atoms with Crippen molar-refractivity contribution in [2.45, 2.75) is 24.2 Å². The topological polar surface area (TPSA) is 93.7 Å². The minimum Gasteiger partial charge on any atom is -0.495 e. The fourth-order valence-corrected chi connectivity index (χ4v) is 5.21. The molecule has 7 nitrogen and oxygen atoms in total. The van der Waals surface area contributed by atoms with E-state index in [9.17, 15) is 13.2 Å². The number of anilines is 2. The molecule has 0 radical (unpaired) electrons. The van der Waals surface area contributed by atoms with Crippen molar-refractivity contribution in [2.24, 2.45) is 0 Å². The number of para-hydroxylation sites is 1. The van der Waals surface area contributed by atoms with Crippen LogP contribution < -0.4 is 19.5 Å². The first kappa shape index (κ1) is 22.9. The highest BCUT2D eigenvalue weighted by atomic mass is 35.5. The molecule has 1 aliphatic carbocycles. The van der Waals surface area contributed by atoms with Gasteiger partial charge in [-0.05, 0) is 72.9 Å². The number of sulfonamides is 1. The predicted molar refractivity (Wildman–Crippen MR) is 128 cm³/mol. The molecule has 0 unspecified atom stereocenters. The molecule has 9 heteroatoms. The number of benzene rings is 3. The summed E-state index contributed by atoms with van der Waals surface area (Å²) >= 11 is 6.08. The average molecular weight is 487 g/mol. The van der Waals surface area contributed by atoms with Crippen molar-refractivity contribution in [2.75, 3.05) is 23.8 Å². The molecule has 0 saturated heterocycles. The van der Waals surface area contributed by atoms with Gasteiger partial charge in [-0.25, -0.2) is 8.42 Å². The highest BCUT2D eigenvalue weighted by Crippen LogP contribution is 2.31. The summed E-state index contributed by atoms with van der Waals surface area (Å²) in [6.07, 6.45) is 3.22. The molecular weight excluding hydrogens is 464 g/mol. The molecule has 1 amide bonds. The van der Waals surface area contributed by atoms with Crippen molar-refractivity contribution < 1.29 is 22.7 Å². The average Bonchev–Trinajstić information content (AvgIpc) is 3.27. The second-order valence-electron chi connectivity index (χ2n) is 7.57. The number of ether oxygens (including phenoxy) is 2. The first-order chi connectivity index (χ1) is 15.9. The summed E-state index contributed by atoms with van der Waals surface area (Å²) in [5.41, 5.74) is 3.10. The highest BCUT2D eigenvalue weighted by Gasteiger charge is 2.22. The molecule has 0 aromatic heterocycles. The number of hydrogen-bond acceptors (Lipinski definition) is 5. The van der Waals surface area contributed by atoms with Gasteiger partial charge in [0.2, 0.25) is 0 Å². The molecule has 2 N–H and O–H groups in total. The number of halogens is 1. The third-order valence-corrected chi connectivity index (χ3v) is 7.01. The van der Waals surface area contributed by atoms with Crippen LogP contribution >= 0.6 is 11.6 Å². The molecule has 0 bridgehead atoms. The number of nitrogens with one attached hydrogen (secondary N) is 2. The smallest absolute Gasteiger partial charge is 0.265 e. The van der Waals surface area contributed by atoms with Gasteiger partial charge in [0.1, 0.15) is 16.4 Å². The fraction of sp³-hybridized carbons (Fsp3) is 0.208. The lowest BCUT2D eigenvalue weighted by Gasteiger charge is -2.14. The van der Waals surface area contributed by atoms with Crippen LogP contribution in [0.15, 0.2) is 65.6 Å². The van der Waals surface area contributed by atoms with E-state index in [2.05, 4.69) is 10.0 Å². The quantitative estimate of drug-likeness (QED) is 0.483. The molecule has 0 fully saturated rings. The zero-order valence-corrected chi connectivity index (χ0v) is 19.5. The molecule has 3 aromatic rings. The molecule has 172 valence electrons. The maximum Gasteiger partial charge on any atom is 0.265 e. The van der Waals surface area contributed by atoms with E-state index in [0.717, 1.165) is 19.3 Å². The van der Waals surface area contributed by atoms with Gasteiger partial charge in [-0.15, -0.1) is 0 Å². The van der Waals surface area contributed by atoms with Crippen molar-refractivity contribution in [3.05, 3.63) is 76.8 Å². The second-order valence-corrected chi connectivity index (χ2v) is 9.63. The van der Waals surface area contributed by atoms with Crippen LogP contribution in [0.2, 0.25) is 5.02 Å². The van der Waals surface area contributed by atoms with E-state index < -0.39 is 15.9 Å². The number of rotatable bonds is 8. The number of carbonyl (C=O) groups is 1. The van der Waals surface area contributed by atoms with E-state index in [4.69, 9.17) is 21.1 Å². The first-order valence-electron chi connectivity index (χ1n) is 10.4. The Balaban J connectivity index is 1.46. The maximum atomic E-state index is 13.0. The van der Waals surface area contributed by atoms with E-state index in [0.29, 0.717) is 5.75 Å². The van der Waals surface area contributed by atoms with Crippen LogP contribution in [-0.2, 0) is 27.7 Å². The van der Waals surface area contributed by atoms with Gasteiger partial charge in [0.05, 0.1) is 17.8 Å². The standard InChI is InChI=1S/C24H23ClN2O5S/c1-31-22-12-10-18(14-23(22)33(29,30)27-21-8-3-2-7-20(21)25)26-24(28)15-32-19-11-9-16-5-4-6-17(16)13-19/h2-3,7-14,27H,4-6,15H2,1H3,(H,26,28). The lowest BCUT2D eigenvalue weighted by Crippen LogP contribution is -2.21. The van der Waals surface area contributed by atoms with Crippen LogP contribution in [0, 0.1) is 0 Å². The SMILES string of the molecule is COc1ccc(NC(=O)COc2ccc3c(c2)CCC3)cc1S(=O)(=O)Nc1ccccc1Cl. The Morgan fingerprint density at radius 2 is 1.82 bits per heavy atom. The monoisotopic (exact) mass is 486 g/mol. The third kappa shape index (κ3) is 5.40. The Labute approximate surface area is 197 Å².